The van der Waals surface area contributed by atoms with E-state index in [1.165, 1.54) is 6.33 Å². The molecule has 0 bridgehead atoms. The van der Waals surface area contributed by atoms with Gasteiger partial charge in [-0.05, 0) is 30.7 Å². The first-order chi connectivity index (χ1) is 9.26. The van der Waals surface area contributed by atoms with Gasteiger partial charge in [-0.3, -0.25) is 0 Å². The van der Waals surface area contributed by atoms with Crippen LogP contribution in [-0.4, -0.2) is 19.6 Å². The van der Waals surface area contributed by atoms with E-state index in [-0.39, 0.29) is 0 Å². The van der Waals surface area contributed by atoms with E-state index < -0.39 is 0 Å². The first kappa shape index (κ1) is 12.1. The predicted octanol–water partition coefficient (Wildman–Crippen LogP) is 3.19. The fourth-order valence-corrected chi connectivity index (χ4v) is 2.08. The number of aromatic nitrogens is 4. The molecule has 1 aromatic carbocycles. The van der Waals surface area contributed by atoms with Crippen LogP contribution >= 0.6 is 15.9 Å². The minimum absolute atomic E-state index is 0.610. The van der Waals surface area contributed by atoms with Crippen molar-refractivity contribution in [2.75, 3.05) is 5.32 Å². The molecular weight excluding hydrogens is 306 g/mol. The van der Waals surface area contributed by atoms with Crippen LogP contribution in [0.3, 0.4) is 0 Å². The van der Waals surface area contributed by atoms with Gasteiger partial charge in [0.05, 0.1) is 0 Å². The van der Waals surface area contributed by atoms with Crippen LogP contribution in [0.2, 0.25) is 0 Å². The molecule has 3 aromatic rings. The lowest BCUT2D eigenvalue weighted by Gasteiger charge is -2.09. The summed E-state index contributed by atoms with van der Waals surface area (Å²) in [5.74, 6) is 1.47. The van der Waals surface area contributed by atoms with Crippen molar-refractivity contribution in [1.29, 1.82) is 0 Å². The topological polar surface area (TPSA) is 55.1 Å². The molecular formula is C13H12BrN5. The molecule has 2 aromatic heterocycles. The second-order valence-corrected chi connectivity index (χ2v) is 5.01. The third-order valence-corrected chi connectivity index (χ3v) is 3.31. The predicted molar refractivity (Wildman–Crippen MR) is 77.6 cm³/mol. The Morgan fingerprint density at radius 2 is 2.05 bits per heavy atom. The van der Waals surface area contributed by atoms with Gasteiger partial charge in [0.25, 0.3) is 5.78 Å². The summed E-state index contributed by atoms with van der Waals surface area (Å²) in [6.07, 6.45) is 2.37. The average Bonchev–Trinajstić information content (AvgIpc) is 2.89. The second-order valence-electron chi connectivity index (χ2n) is 4.09. The van der Waals surface area contributed by atoms with E-state index in [9.17, 15) is 0 Å². The normalized spacial score (nSPS) is 10.8. The van der Waals surface area contributed by atoms with Crippen LogP contribution in [-0.2, 0) is 6.42 Å². The fourth-order valence-electron chi connectivity index (χ4n) is 1.81. The van der Waals surface area contributed by atoms with Gasteiger partial charge < -0.3 is 5.32 Å². The van der Waals surface area contributed by atoms with Crippen molar-refractivity contribution in [1.82, 2.24) is 19.6 Å². The minimum atomic E-state index is 0.610. The summed E-state index contributed by atoms with van der Waals surface area (Å²) in [5.41, 5.74) is 1.98. The van der Waals surface area contributed by atoms with Crippen molar-refractivity contribution in [3.8, 4) is 0 Å². The third kappa shape index (κ3) is 2.44. The molecule has 0 unspecified atom stereocenters. The van der Waals surface area contributed by atoms with Crippen LogP contribution in [0.4, 0.5) is 11.5 Å². The van der Waals surface area contributed by atoms with Crippen molar-refractivity contribution in [2.24, 2.45) is 0 Å². The van der Waals surface area contributed by atoms with Crippen LogP contribution in [0.5, 0.6) is 0 Å². The molecule has 0 amide bonds. The number of fused-ring (bicyclic) bond motifs is 1. The Kier molecular flexibility index (Phi) is 3.16. The number of hydrogen-bond donors (Lipinski definition) is 1. The summed E-state index contributed by atoms with van der Waals surface area (Å²) in [6.45, 7) is 2.07. The quantitative estimate of drug-likeness (QED) is 0.806. The van der Waals surface area contributed by atoms with Crippen molar-refractivity contribution >= 4 is 33.2 Å². The highest BCUT2D eigenvalue weighted by molar-refractivity contribution is 9.10. The van der Waals surface area contributed by atoms with Gasteiger partial charge in [0.2, 0.25) is 0 Å². The Balaban J connectivity index is 2.03. The summed E-state index contributed by atoms with van der Waals surface area (Å²) in [7, 11) is 0. The monoisotopic (exact) mass is 317 g/mol. The smallest absolute Gasteiger partial charge is 0.254 e. The van der Waals surface area contributed by atoms with Gasteiger partial charge in [-0.2, -0.15) is 14.6 Å². The highest BCUT2D eigenvalue weighted by Crippen LogP contribution is 2.20. The number of halogens is 1. The zero-order valence-electron chi connectivity index (χ0n) is 10.3. The Morgan fingerprint density at radius 1 is 1.26 bits per heavy atom. The Bertz CT molecular complexity index is 705. The minimum Gasteiger partial charge on any atom is -0.340 e. The first-order valence-corrected chi connectivity index (χ1v) is 6.78. The molecule has 0 radical (unpaired) electrons. The Labute approximate surface area is 118 Å². The molecule has 5 nitrogen and oxygen atoms in total. The van der Waals surface area contributed by atoms with Gasteiger partial charge in [0, 0.05) is 21.9 Å². The maximum Gasteiger partial charge on any atom is 0.254 e. The first-order valence-electron chi connectivity index (χ1n) is 5.98. The SMILES string of the molecule is CCc1cc(Nc2ccc(Br)cc2)n2ncnc2n1. The third-order valence-electron chi connectivity index (χ3n) is 2.78. The van der Waals surface area contributed by atoms with E-state index in [0.717, 1.165) is 28.1 Å². The molecule has 6 heteroatoms. The second kappa shape index (κ2) is 4.97. The molecule has 0 aliphatic rings. The van der Waals surface area contributed by atoms with Gasteiger partial charge >= 0.3 is 0 Å². The Morgan fingerprint density at radius 3 is 2.79 bits per heavy atom. The van der Waals surface area contributed by atoms with Gasteiger partial charge in [0.1, 0.15) is 12.1 Å². The van der Waals surface area contributed by atoms with E-state index in [1.54, 1.807) is 4.52 Å². The number of rotatable bonds is 3. The number of nitrogens with one attached hydrogen (secondary N) is 1. The molecule has 2 heterocycles. The molecule has 3 rings (SSSR count). The Hall–Kier alpha value is -1.95. The van der Waals surface area contributed by atoms with Crippen molar-refractivity contribution < 1.29 is 0 Å². The van der Waals surface area contributed by atoms with Gasteiger partial charge in [-0.1, -0.05) is 22.9 Å². The highest BCUT2D eigenvalue weighted by Gasteiger charge is 2.06. The standard InChI is InChI=1S/C13H12BrN5/c1-2-10-7-12(19-13(18-10)15-8-16-19)17-11-5-3-9(14)4-6-11/h3-8,17H,2H2,1H3. The number of anilines is 2. The lowest BCUT2D eigenvalue weighted by atomic mass is 10.3. The molecule has 0 spiro atoms. The number of nitrogens with zero attached hydrogens (tertiary/aromatic N) is 4. The zero-order valence-corrected chi connectivity index (χ0v) is 11.9. The van der Waals surface area contributed by atoms with Crippen LogP contribution in [0, 0.1) is 0 Å². The lowest BCUT2D eigenvalue weighted by molar-refractivity contribution is 0.918. The summed E-state index contributed by atoms with van der Waals surface area (Å²) in [6, 6.07) is 9.97. The highest BCUT2D eigenvalue weighted by atomic mass is 79.9. The average molecular weight is 318 g/mol. The summed E-state index contributed by atoms with van der Waals surface area (Å²) < 4.78 is 2.74. The van der Waals surface area contributed by atoms with Crippen LogP contribution in [0.1, 0.15) is 12.6 Å². The van der Waals surface area contributed by atoms with E-state index in [0.29, 0.717) is 5.78 Å². The molecule has 0 aliphatic carbocycles. The van der Waals surface area contributed by atoms with E-state index in [4.69, 9.17) is 0 Å². The van der Waals surface area contributed by atoms with Crippen LogP contribution < -0.4 is 5.32 Å². The van der Waals surface area contributed by atoms with Gasteiger partial charge in [-0.25, -0.2) is 4.98 Å². The van der Waals surface area contributed by atoms with Crippen LogP contribution in [0.25, 0.3) is 5.78 Å². The molecule has 0 saturated heterocycles. The van der Waals surface area contributed by atoms with Crippen molar-refractivity contribution in [3.05, 3.63) is 46.8 Å². The number of benzene rings is 1. The van der Waals surface area contributed by atoms with Gasteiger partial charge in [0.15, 0.2) is 0 Å². The number of hydrogen-bond acceptors (Lipinski definition) is 4. The van der Waals surface area contributed by atoms with Crippen molar-refractivity contribution in [3.63, 3.8) is 0 Å². The van der Waals surface area contributed by atoms with Crippen LogP contribution in [0.15, 0.2) is 41.1 Å². The molecule has 96 valence electrons. The molecule has 19 heavy (non-hydrogen) atoms. The summed E-state index contributed by atoms with van der Waals surface area (Å²) in [5, 5.41) is 7.51. The zero-order chi connectivity index (χ0) is 13.2. The van der Waals surface area contributed by atoms with E-state index in [2.05, 4.69) is 43.2 Å². The summed E-state index contributed by atoms with van der Waals surface area (Å²) in [4.78, 5) is 8.55. The fraction of sp³-hybridized carbons (Fsp3) is 0.154. The molecule has 0 atom stereocenters. The summed E-state index contributed by atoms with van der Waals surface area (Å²) >= 11 is 3.42. The van der Waals surface area contributed by atoms with Crippen molar-refractivity contribution in [2.45, 2.75) is 13.3 Å². The number of aryl methyl sites for hydroxylation is 1. The maximum absolute atomic E-state index is 4.41. The molecule has 0 saturated carbocycles. The van der Waals surface area contributed by atoms with E-state index >= 15 is 0 Å². The van der Waals surface area contributed by atoms with Gasteiger partial charge in [-0.15, -0.1) is 0 Å². The molecule has 0 fully saturated rings. The largest absolute Gasteiger partial charge is 0.340 e. The maximum atomic E-state index is 4.41. The van der Waals surface area contributed by atoms with E-state index in [1.807, 2.05) is 30.3 Å². The molecule has 1 N–H and O–H groups in total. The molecule has 0 aliphatic heterocycles. The lowest BCUT2D eigenvalue weighted by Crippen LogP contribution is -2.03.